The lowest BCUT2D eigenvalue weighted by molar-refractivity contribution is -0.141. The van der Waals surface area contributed by atoms with Crippen LogP contribution in [0.5, 0.6) is 0 Å². The van der Waals surface area contributed by atoms with Gasteiger partial charge in [-0.25, -0.2) is 10.4 Å². The first-order valence-electron chi connectivity index (χ1n) is 11.2. The van der Waals surface area contributed by atoms with Gasteiger partial charge >= 0.3 is 6.18 Å². The average Bonchev–Trinajstić information content (AvgIpc) is 3.24. The molecule has 2 aliphatic heterocycles. The topological polar surface area (TPSA) is 120 Å². The standard InChI is InChI=1S/C22H26F3N7O2/c1-12(33)15-4-2-13(3-5-15)9-27-20-18-17(31-32-20)19(30-11-29-18)21(34)28-10-14-6-7-26-16(8-14)22(23,24)25/h6-8,11,13,15,17-18,31H,2-5,9-10H2,1H3,(H,27,32)(H,28,34). The molecule has 0 aromatic carbocycles. The van der Waals surface area contributed by atoms with E-state index in [9.17, 15) is 22.8 Å². The number of amides is 1. The van der Waals surface area contributed by atoms with Gasteiger partial charge < -0.3 is 10.7 Å². The van der Waals surface area contributed by atoms with E-state index < -0.39 is 29.9 Å². The number of aromatic nitrogens is 1. The van der Waals surface area contributed by atoms with Crippen molar-refractivity contribution in [3.63, 3.8) is 0 Å². The molecule has 1 aromatic rings. The third kappa shape index (κ3) is 5.49. The van der Waals surface area contributed by atoms with E-state index in [1.165, 1.54) is 12.4 Å². The van der Waals surface area contributed by atoms with E-state index in [1.807, 2.05) is 0 Å². The van der Waals surface area contributed by atoms with Gasteiger partial charge in [0.2, 0.25) is 0 Å². The van der Waals surface area contributed by atoms with Crippen LogP contribution in [0.3, 0.4) is 0 Å². The molecule has 1 aromatic heterocycles. The fourth-order valence-corrected chi connectivity index (χ4v) is 4.41. The molecule has 1 aliphatic carbocycles. The molecule has 0 radical (unpaired) electrons. The number of carbonyl (C=O) groups excluding carboxylic acids is 2. The highest BCUT2D eigenvalue weighted by Crippen LogP contribution is 2.30. The van der Waals surface area contributed by atoms with Gasteiger partial charge in [0.15, 0.2) is 0 Å². The molecule has 2 fully saturated rings. The lowest BCUT2D eigenvalue weighted by Gasteiger charge is -2.26. The first kappa shape index (κ1) is 24.0. The van der Waals surface area contributed by atoms with Crippen molar-refractivity contribution in [2.24, 2.45) is 26.8 Å². The maximum atomic E-state index is 12.8. The van der Waals surface area contributed by atoms with E-state index in [4.69, 9.17) is 0 Å². The summed E-state index contributed by atoms with van der Waals surface area (Å²) in [6, 6.07) is 1.33. The predicted octanol–water partition coefficient (Wildman–Crippen LogP) is 1.84. The molecule has 1 amide bonds. The first-order valence-corrected chi connectivity index (χ1v) is 11.2. The number of alkyl halides is 3. The fourth-order valence-electron chi connectivity index (χ4n) is 4.41. The van der Waals surface area contributed by atoms with E-state index in [0.29, 0.717) is 18.3 Å². The zero-order valence-corrected chi connectivity index (χ0v) is 18.6. The Morgan fingerprint density at radius 1 is 1.24 bits per heavy atom. The third-order valence-electron chi connectivity index (χ3n) is 6.41. The monoisotopic (exact) mass is 477 g/mol. The number of fused-ring (bicyclic) bond motifs is 1. The van der Waals surface area contributed by atoms with E-state index >= 15 is 0 Å². The van der Waals surface area contributed by atoms with Gasteiger partial charge in [0.1, 0.15) is 41.4 Å². The smallest absolute Gasteiger partial charge is 0.347 e. The molecule has 182 valence electrons. The van der Waals surface area contributed by atoms with Crippen molar-refractivity contribution in [3.05, 3.63) is 29.6 Å². The molecule has 3 aliphatic rings. The lowest BCUT2D eigenvalue weighted by Crippen LogP contribution is -2.49. The quantitative estimate of drug-likeness (QED) is 0.578. The number of ketones is 1. The summed E-state index contributed by atoms with van der Waals surface area (Å²) in [5.41, 5.74) is 5.40. The second-order valence-electron chi connectivity index (χ2n) is 8.75. The molecule has 2 atom stereocenters. The van der Waals surface area contributed by atoms with E-state index in [1.54, 1.807) is 6.92 Å². The van der Waals surface area contributed by atoms with Gasteiger partial charge in [0.25, 0.3) is 5.91 Å². The Hall–Kier alpha value is -3.15. The van der Waals surface area contributed by atoms with E-state index in [-0.39, 0.29) is 29.5 Å². The Bertz CT molecular complexity index is 1030. The molecule has 0 spiro atoms. The van der Waals surface area contributed by atoms with Crippen molar-refractivity contribution in [2.45, 2.75) is 57.4 Å². The Kier molecular flexibility index (Phi) is 7.05. The molecule has 1 saturated heterocycles. The second kappa shape index (κ2) is 10.00. The molecule has 34 heavy (non-hydrogen) atoms. The molecule has 0 bridgehead atoms. The van der Waals surface area contributed by atoms with Crippen LogP contribution in [0.15, 0.2) is 33.3 Å². The Morgan fingerprint density at radius 2 is 2.00 bits per heavy atom. The number of Topliss-reactive ketones (excluding diaryl/α,β-unsaturated/α-hetero) is 1. The molecule has 4 rings (SSSR count). The summed E-state index contributed by atoms with van der Waals surface area (Å²) >= 11 is 0. The van der Waals surface area contributed by atoms with Crippen molar-refractivity contribution in [1.29, 1.82) is 0 Å². The zero-order valence-electron chi connectivity index (χ0n) is 18.6. The van der Waals surface area contributed by atoms with Gasteiger partial charge in [-0.15, -0.1) is 0 Å². The van der Waals surface area contributed by atoms with Crippen molar-refractivity contribution < 1.29 is 22.8 Å². The maximum absolute atomic E-state index is 12.8. The number of halogens is 3. The van der Waals surface area contributed by atoms with Crippen LogP contribution in [0.1, 0.15) is 43.9 Å². The molecule has 3 N–H and O–H groups in total. The largest absolute Gasteiger partial charge is 0.433 e. The number of amidine groups is 1. The van der Waals surface area contributed by atoms with Crippen LogP contribution >= 0.6 is 0 Å². The number of pyridine rings is 1. The minimum atomic E-state index is -4.56. The summed E-state index contributed by atoms with van der Waals surface area (Å²) < 4.78 is 38.5. The van der Waals surface area contributed by atoms with E-state index in [2.05, 4.69) is 36.1 Å². The molecular formula is C22H26F3N7O2. The SMILES string of the molecule is CC(=O)C1CCC(CN=C2NNC3C(C(=O)NCc4ccnc(C(F)(F)F)c4)=NC=NC23)CC1. The zero-order chi connectivity index (χ0) is 24.3. The molecule has 12 heteroatoms. The number of carbonyl (C=O) groups is 2. The van der Waals surface area contributed by atoms with Gasteiger partial charge in [-0.1, -0.05) is 0 Å². The molecule has 9 nitrogen and oxygen atoms in total. The number of aliphatic imine (C=N–C) groups is 3. The van der Waals surface area contributed by atoms with Crippen molar-refractivity contribution in [2.75, 3.05) is 6.54 Å². The van der Waals surface area contributed by atoms with Crippen LogP contribution in [0, 0.1) is 11.8 Å². The highest BCUT2D eigenvalue weighted by molar-refractivity contribution is 6.43. The summed E-state index contributed by atoms with van der Waals surface area (Å²) in [4.78, 5) is 40.7. The van der Waals surface area contributed by atoms with Gasteiger partial charge in [-0.05, 0) is 56.2 Å². The second-order valence-corrected chi connectivity index (χ2v) is 8.75. The molecule has 1 saturated carbocycles. The summed E-state index contributed by atoms with van der Waals surface area (Å²) in [5.74, 6) is 0.909. The van der Waals surface area contributed by atoms with E-state index in [0.717, 1.165) is 37.9 Å². The van der Waals surface area contributed by atoms with Crippen molar-refractivity contribution in [3.8, 4) is 0 Å². The normalized spacial score (nSPS) is 27.6. The number of nitrogens with one attached hydrogen (secondary N) is 3. The summed E-state index contributed by atoms with van der Waals surface area (Å²) in [6.45, 7) is 2.15. The third-order valence-corrected chi connectivity index (χ3v) is 6.41. The Morgan fingerprint density at radius 3 is 2.71 bits per heavy atom. The molecular weight excluding hydrogens is 451 g/mol. The number of hydrazine groups is 1. The highest BCUT2D eigenvalue weighted by atomic mass is 19.4. The van der Waals surface area contributed by atoms with Crippen LogP contribution in [0.4, 0.5) is 13.2 Å². The minimum Gasteiger partial charge on any atom is -0.347 e. The predicted molar refractivity (Wildman–Crippen MR) is 119 cm³/mol. The van der Waals surface area contributed by atoms with Gasteiger partial charge in [0.05, 0.1) is 0 Å². The highest BCUT2D eigenvalue weighted by Gasteiger charge is 2.40. The number of hydrogen-bond donors (Lipinski definition) is 3. The van der Waals surface area contributed by atoms with Gasteiger partial charge in [-0.3, -0.25) is 24.6 Å². The van der Waals surface area contributed by atoms with Crippen LogP contribution < -0.4 is 16.2 Å². The number of hydrogen-bond acceptors (Lipinski definition) is 7. The lowest BCUT2D eigenvalue weighted by atomic mass is 9.80. The van der Waals surface area contributed by atoms with Crippen molar-refractivity contribution >= 4 is 29.6 Å². The fraction of sp³-hybridized carbons (Fsp3) is 0.545. The molecule has 2 unspecified atom stereocenters. The summed E-state index contributed by atoms with van der Waals surface area (Å²) in [5, 5.41) is 2.61. The summed E-state index contributed by atoms with van der Waals surface area (Å²) in [7, 11) is 0. The van der Waals surface area contributed by atoms with Gasteiger partial charge in [-0.2, -0.15) is 13.2 Å². The van der Waals surface area contributed by atoms with Crippen LogP contribution in [0.2, 0.25) is 0 Å². The molecule has 3 heterocycles. The van der Waals surface area contributed by atoms with Crippen molar-refractivity contribution in [1.82, 2.24) is 21.2 Å². The van der Waals surface area contributed by atoms with Crippen LogP contribution in [0.25, 0.3) is 0 Å². The van der Waals surface area contributed by atoms with Crippen LogP contribution in [-0.4, -0.2) is 53.2 Å². The van der Waals surface area contributed by atoms with Gasteiger partial charge in [0, 0.05) is 25.2 Å². The average molecular weight is 477 g/mol. The minimum absolute atomic E-state index is 0.102. The number of rotatable bonds is 6. The summed E-state index contributed by atoms with van der Waals surface area (Å²) in [6.07, 6.45) is 1.48. The van der Waals surface area contributed by atoms with Crippen LogP contribution in [-0.2, 0) is 22.3 Å². The first-order chi connectivity index (χ1) is 16.2. The Labute approximate surface area is 194 Å². The maximum Gasteiger partial charge on any atom is 0.433 e. The Balaban J connectivity index is 1.33. The number of nitrogens with zero attached hydrogens (tertiary/aromatic N) is 4.